The van der Waals surface area contributed by atoms with Crippen molar-refractivity contribution in [1.82, 2.24) is 4.57 Å². The van der Waals surface area contributed by atoms with Crippen molar-refractivity contribution in [1.29, 1.82) is 0 Å². The summed E-state index contributed by atoms with van der Waals surface area (Å²) in [6, 6.07) is 24.4. The van der Waals surface area contributed by atoms with Crippen molar-refractivity contribution >= 4 is 39.1 Å². The van der Waals surface area contributed by atoms with E-state index in [0.717, 1.165) is 89.0 Å². The Morgan fingerprint density at radius 3 is 1.87 bits per heavy atom. The Hall–Kier alpha value is -4.22. The Morgan fingerprint density at radius 1 is 0.739 bits per heavy atom. The van der Waals surface area contributed by atoms with Gasteiger partial charge in [0.05, 0.1) is 13.2 Å². The van der Waals surface area contributed by atoms with Gasteiger partial charge in [0.2, 0.25) is 0 Å². The first-order valence-corrected chi connectivity index (χ1v) is 16.9. The van der Waals surface area contributed by atoms with Crippen molar-refractivity contribution in [3.05, 3.63) is 112 Å². The number of anilines is 1. The Bertz CT molecular complexity index is 1870. The standard InChI is InChI=1S/C41H46N2O3/c1-6-8-9-30(7-2)26-43-37-16-12-32(40(44)31-10-14-34(15-11-31)42-18-20-46-21-19-42)24-35(37)36-25-33(13-17-38(36)43)41(45)39-28(4)22-27(3)23-29(39)5/h10-17,22-25,30H,6-9,18-21,26H2,1-5H3. The topological polar surface area (TPSA) is 51.5 Å². The molecule has 46 heavy (non-hydrogen) atoms. The lowest BCUT2D eigenvalue weighted by atomic mass is 9.92. The number of hydrogen-bond acceptors (Lipinski definition) is 4. The third kappa shape index (κ3) is 6.26. The van der Waals surface area contributed by atoms with Crippen molar-refractivity contribution < 1.29 is 14.3 Å². The van der Waals surface area contributed by atoms with E-state index in [-0.39, 0.29) is 11.6 Å². The highest BCUT2D eigenvalue weighted by atomic mass is 16.5. The van der Waals surface area contributed by atoms with Crippen LogP contribution in [0.4, 0.5) is 5.69 Å². The van der Waals surface area contributed by atoms with Crippen molar-refractivity contribution in [2.24, 2.45) is 5.92 Å². The fourth-order valence-electron chi connectivity index (χ4n) is 7.25. The zero-order valence-corrected chi connectivity index (χ0v) is 28.0. The summed E-state index contributed by atoms with van der Waals surface area (Å²) in [5.74, 6) is 0.604. The van der Waals surface area contributed by atoms with Gasteiger partial charge >= 0.3 is 0 Å². The van der Waals surface area contributed by atoms with E-state index in [1.807, 2.05) is 62.4 Å². The molecule has 0 N–H and O–H groups in total. The summed E-state index contributed by atoms with van der Waals surface area (Å²) in [6.45, 7) is 14.7. The lowest BCUT2D eigenvalue weighted by Gasteiger charge is -2.28. The zero-order chi connectivity index (χ0) is 32.4. The Kier molecular flexibility index (Phi) is 9.42. The molecular formula is C41H46N2O3. The second kappa shape index (κ2) is 13.6. The highest BCUT2D eigenvalue weighted by Crippen LogP contribution is 2.34. The van der Waals surface area contributed by atoms with Crippen LogP contribution in [-0.2, 0) is 11.3 Å². The maximum Gasteiger partial charge on any atom is 0.193 e. The number of unbranched alkanes of at least 4 members (excludes halogenated alkanes) is 1. The molecule has 4 aromatic carbocycles. The van der Waals surface area contributed by atoms with E-state index in [0.29, 0.717) is 22.6 Å². The van der Waals surface area contributed by atoms with Crippen molar-refractivity contribution in [2.45, 2.75) is 66.8 Å². The van der Waals surface area contributed by atoms with Gasteiger partial charge in [-0.2, -0.15) is 0 Å². The van der Waals surface area contributed by atoms with Crippen LogP contribution in [-0.4, -0.2) is 42.4 Å². The molecule has 1 atom stereocenters. The highest BCUT2D eigenvalue weighted by Gasteiger charge is 2.21. The molecule has 238 valence electrons. The fourth-order valence-corrected chi connectivity index (χ4v) is 7.25. The number of morpholine rings is 1. The molecule has 1 aromatic heterocycles. The molecule has 0 spiro atoms. The molecule has 1 fully saturated rings. The lowest BCUT2D eigenvalue weighted by Crippen LogP contribution is -2.36. The van der Waals surface area contributed by atoms with E-state index < -0.39 is 0 Å². The van der Waals surface area contributed by atoms with Crippen molar-refractivity contribution in [3.63, 3.8) is 0 Å². The number of aromatic nitrogens is 1. The van der Waals surface area contributed by atoms with Gasteiger partial charge in [0.1, 0.15) is 0 Å². The number of nitrogens with zero attached hydrogens (tertiary/aromatic N) is 2. The molecule has 5 aromatic rings. The third-order valence-corrected chi connectivity index (χ3v) is 9.78. The van der Waals surface area contributed by atoms with Crippen LogP contribution in [0, 0.1) is 26.7 Å². The van der Waals surface area contributed by atoms with Crippen LogP contribution < -0.4 is 4.90 Å². The normalized spacial score (nSPS) is 14.2. The van der Waals surface area contributed by atoms with Gasteiger partial charge < -0.3 is 14.2 Å². The van der Waals surface area contributed by atoms with Gasteiger partial charge in [-0.1, -0.05) is 50.8 Å². The van der Waals surface area contributed by atoms with Crippen LogP contribution in [0.25, 0.3) is 21.8 Å². The summed E-state index contributed by atoms with van der Waals surface area (Å²) in [7, 11) is 0. The van der Waals surface area contributed by atoms with Gasteiger partial charge in [-0.15, -0.1) is 0 Å². The number of fused-ring (bicyclic) bond motifs is 3. The van der Waals surface area contributed by atoms with Crippen LogP contribution in [0.2, 0.25) is 0 Å². The van der Waals surface area contributed by atoms with Crippen LogP contribution in [0.3, 0.4) is 0 Å². The van der Waals surface area contributed by atoms with E-state index in [2.05, 4.69) is 54.5 Å². The number of rotatable bonds is 11. The highest BCUT2D eigenvalue weighted by molar-refractivity contribution is 6.17. The van der Waals surface area contributed by atoms with Gasteiger partial charge in [0.25, 0.3) is 0 Å². The summed E-state index contributed by atoms with van der Waals surface area (Å²) in [6.07, 6.45) is 4.70. The SMILES string of the molecule is CCCCC(CC)Cn1c2ccc(C(=O)c3ccc(N4CCOCC4)cc3)cc2c2cc(C(=O)c3c(C)cc(C)cc3C)ccc21. The fraction of sp³-hybridized carbons (Fsp3) is 0.366. The molecule has 1 aliphatic rings. The van der Waals surface area contributed by atoms with Crippen LogP contribution in [0.1, 0.15) is 88.1 Å². The van der Waals surface area contributed by atoms with Crippen LogP contribution in [0.15, 0.2) is 72.8 Å². The summed E-state index contributed by atoms with van der Waals surface area (Å²) >= 11 is 0. The average molecular weight is 615 g/mol. The Morgan fingerprint density at radius 2 is 1.30 bits per heavy atom. The monoisotopic (exact) mass is 614 g/mol. The molecule has 0 amide bonds. The molecule has 1 saturated heterocycles. The van der Waals surface area contributed by atoms with E-state index in [1.54, 1.807) is 0 Å². The molecule has 0 radical (unpaired) electrons. The number of ether oxygens (including phenoxy) is 1. The molecule has 5 heteroatoms. The van der Waals surface area contributed by atoms with Crippen molar-refractivity contribution in [3.8, 4) is 0 Å². The van der Waals surface area contributed by atoms with Gasteiger partial charge in [-0.05, 0) is 105 Å². The van der Waals surface area contributed by atoms with Crippen LogP contribution >= 0.6 is 0 Å². The van der Waals surface area contributed by atoms with Gasteiger partial charge in [-0.25, -0.2) is 0 Å². The number of ketones is 2. The lowest BCUT2D eigenvalue weighted by molar-refractivity contribution is 0.103. The number of aryl methyl sites for hydroxylation is 3. The molecule has 0 saturated carbocycles. The maximum absolute atomic E-state index is 14.0. The third-order valence-electron chi connectivity index (χ3n) is 9.78. The minimum absolute atomic E-state index is 0.00356. The number of benzene rings is 4. The molecule has 1 aliphatic heterocycles. The molecule has 1 unspecified atom stereocenters. The summed E-state index contributed by atoms with van der Waals surface area (Å²) in [5.41, 5.74) is 9.27. The van der Waals surface area contributed by atoms with E-state index in [4.69, 9.17) is 4.74 Å². The number of hydrogen-bond donors (Lipinski definition) is 0. The van der Waals surface area contributed by atoms with E-state index >= 15 is 0 Å². The molecule has 2 heterocycles. The predicted octanol–water partition coefficient (Wildman–Crippen LogP) is 9.23. The second-order valence-corrected chi connectivity index (χ2v) is 13.1. The van der Waals surface area contributed by atoms with Gasteiger partial charge in [-0.3, -0.25) is 9.59 Å². The molecule has 6 rings (SSSR count). The molecule has 0 aliphatic carbocycles. The zero-order valence-electron chi connectivity index (χ0n) is 28.0. The van der Waals surface area contributed by atoms with E-state index in [1.165, 1.54) is 19.3 Å². The second-order valence-electron chi connectivity index (χ2n) is 13.1. The Balaban J connectivity index is 1.42. The van der Waals surface area contributed by atoms with Gasteiger partial charge in [0.15, 0.2) is 11.6 Å². The largest absolute Gasteiger partial charge is 0.378 e. The first kappa shape index (κ1) is 31.7. The quantitative estimate of drug-likeness (QED) is 0.139. The number of carbonyl (C=O) groups excluding carboxylic acids is 2. The molecule has 0 bridgehead atoms. The minimum Gasteiger partial charge on any atom is -0.378 e. The smallest absolute Gasteiger partial charge is 0.193 e. The Labute approximate surface area is 273 Å². The predicted molar refractivity (Wildman–Crippen MR) is 190 cm³/mol. The number of carbonyl (C=O) groups is 2. The maximum atomic E-state index is 14.0. The van der Waals surface area contributed by atoms with Crippen LogP contribution in [0.5, 0.6) is 0 Å². The summed E-state index contributed by atoms with van der Waals surface area (Å²) < 4.78 is 7.91. The minimum atomic E-state index is 0.00356. The average Bonchev–Trinajstić information content (AvgIpc) is 3.37. The first-order valence-electron chi connectivity index (χ1n) is 16.9. The first-order chi connectivity index (χ1) is 22.3. The van der Waals surface area contributed by atoms with Gasteiger partial charge in [0, 0.05) is 69.4 Å². The van der Waals surface area contributed by atoms with E-state index in [9.17, 15) is 9.59 Å². The summed E-state index contributed by atoms with van der Waals surface area (Å²) in [5, 5.41) is 2.04. The molecular weight excluding hydrogens is 568 g/mol. The molecule has 5 nitrogen and oxygen atoms in total. The summed E-state index contributed by atoms with van der Waals surface area (Å²) in [4.78, 5) is 30.1. The van der Waals surface area contributed by atoms with Crippen molar-refractivity contribution in [2.75, 3.05) is 31.2 Å².